The first-order chi connectivity index (χ1) is 4.63. The highest BCUT2D eigenvalue weighted by molar-refractivity contribution is 5.84. The summed E-state index contributed by atoms with van der Waals surface area (Å²) < 4.78 is 0. The normalized spacial score (nSPS) is 16.4. The van der Waals surface area contributed by atoms with Gasteiger partial charge in [-0.1, -0.05) is 0 Å². The van der Waals surface area contributed by atoms with Gasteiger partial charge >= 0.3 is 0 Å². The van der Waals surface area contributed by atoms with Crippen LogP contribution in [0.25, 0.3) is 0 Å². The van der Waals surface area contributed by atoms with Crippen molar-refractivity contribution in [2.45, 2.75) is 12.2 Å². The molecule has 0 heterocycles. The fraction of sp³-hybridized carbons (Fsp3) is 0.800. The van der Waals surface area contributed by atoms with Crippen LogP contribution in [0.2, 0.25) is 0 Å². The number of carbonyl (C=O) groups is 1. The highest BCUT2D eigenvalue weighted by atomic mass is 16.4. The first-order valence-electron chi connectivity index (χ1n) is 2.74. The Morgan fingerprint density at radius 2 is 1.80 bits per heavy atom. The third-order valence-electron chi connectivity index (χ3n) is 1.04. The van der Waals surface area contributed by atoms with Gasteiger partial charge in [0.25, 0.3) is 0 Å². The molecule has 0 aliphatic rings. The van der Waals surface area contributed by atoms with Crippen molar-refractivity contribution in [3.63, 3.8) is 0 Å². The second-order valence-electron chi connectivity index (χ2n) is 1.82. The maximum absolute atomic E-state index is 10.3. The van der Waals surface area contributed by atoms with E-state index >= 15 is 0 Å². The second kappa shape index (κ2) is 4.35. The minimum absolute atomic E-state index is 0.701. The van der Waals surface area contributed by atoms with E-state index in [4.69, 9.17) is 20.4 Å². The minimum Gasteiger partial charge on any atom is -0.394 e. The third-order valence-corrected chi connectivity index (χ3v) is 1.04. The lowest BCUT2D eigenvalue weighted by atomic mass is 10.1. The van der Waals surface area contributed by atoms with Crippen molar-refractivity contribution in [1.29, 1.82) is 0 Å². The van der Waals surface area contributed by atoms with Gasteiger partial charge in [-0.05, 0) is 0 Å². The molecule has 4 N–H and O–H groups in total. The molecule has 0 saturated heterocycles. The van der Waals surface area contributed by atoms with E-state index in [1.165, 1.54) is 0 Å². The van der Waals surface area contributed by atoms with Crippen LogP contribution < -0.4 is 0 Å². The highest BCUT2D eigenvalue weighted by Gasteiger charge is 2.21. The van der Waals surface area contributed by atoms with Crippen LogP contribution >= 0.6 is 0 Å². The number of ketones is 1. The molecule has 0 aliphatic heterocycles. The molecule has 5 nitrogen and oxygen atoms in total. The molecule has 2 atom stereocenters. The molecule has 0 radical (unpaired) electrons. The first kappa shape index (κ1) is 9.51. The zero-order valence-electron chi connectivity index (χ0n) is 5.27. The number of Topliss-reactive ketones (excluding diaryl/α,β-unsaturated/α-hetero) is 1. The average molecular weight is 150 g/mol. The number of aliphatic hydroxyl groups is 4. The Morgan fingerprint density at radius 3 is 2.10 bits per heavy atom. The molecule has 0 aromatic rings. The van der Waals surface area contributed by atoms with Gasteiger partial charge in [0.15, 0.2) is 5.78 Å². The Bertz CT molecular complexity index is 113. The third kappa shape index (κ3) is 2.40. The molecule has 10 heavy (non-hydrogen) atoms. The van der Waals surface area contributed by atoms with E-state index in [1.54, 1.807) is 0 Å². The standard InChI is InChI=1S/C5H10O5/c6-1-3(8)5(10)4(9)2-7/h3,5-8,10H,1-2H2/t3?,5-/m0/s1. The number of rotatable bonds is 4. The van der Waals surface area contributed by atoms with E-state index in [1.807, 2.05) is 0 Å². The summed E-state index contributed by atoms with van der Waals surface area (Å²) in [7, 11) is 0. The molecule has 5 heteroatoms. The number of carbonyl (C=O) groups excluding carboxylic acids is 1. The predicted molar refractivity (Wildman–Crippen MR) is 31.2 cm³/mol. The van der Waals surface area contributed by atoms with Crippen molar-refractivity contribution in [2.24, 2.45) is 0 Å². The van der Waals surface area contributed by atoms with Crippen molar-refractivity contribution in [2.75, 3.05) is 13.2 Å². The lowest BCUT2D eigenvalue weighted by Gasteiger charge is -2.11. The van der Waals surface area contributed by atoms with E-state index in [0.29, 0.717) is 0 Å². The van der Waals surface area contributed by atoms with Crippen molar-refractivity contribution in [1.82, 2.24) is 0 Å². The number of aliphatic hydroxyl groups excluding tert-OH is 4. The molecule has 0 bridgehead atoms. The van der Waals surface area contributed by atoms with Gasteiger partial charge < -0.3 is 20.4 Å². The summed E-state index contributed by atoms with van der Waals surface area (Å²) in [5.74, 6) is -0.901. The molecule has 0 spiro atoms. The van der Waals surface area contributed by atoms with Crippen molar-refractivity contribution in [3.05, 3.63) is 0 Å². The van der Waals surface area contributed by atoms with Crippen molar-refractivity contribution >= 4 is 5.78 Å². The fourth-order valence-corrected chi connectivity index (χ4v) is 0.408. The molecule has 0 rings (SSSR count). The van der Waals surface area contributed by atoms with Crippen LogP contribution in [0.3, 0.4) is 0 Å². The zero-order valence-corrected chi connectivity index (χ0v) is 5.27. The second-order valence-corrected chi connectivity index (χ2v) is 1.82. The summed E-state index contributed by atoms with van der Waals surface area (Å²) in [6.45, 7) is -1.54. The maximum atomic E-state index is 10.3. The van der Waals surface area contributed by atoms with Gasteiger partial charge in [0.1, 0.15) is 18.8 Å². The molecule has 0 fully saturated rings. The van der Waals surface area contributed by atoms with Crippen LogP contribution in [-0.4, -0.2) is 51.6 Å². The Morgan fingerprint density at radius 1 is 1.30 bits per heavy atom. The van der Waals surface area contributed by atoms with Gasteiger partial charge in [0, 0.05) is 0 Å². The van der Waals surface area contributed by atoms with Gasteiger partial charge in [-0.25, -0.2) is 0 Å². The van der Waals surface area contributed by atoms with E-state index in [2.05, 4.69) is 0 Å². The van der Waals surface area contributed by atoms with Gasteiger partial charge in [0.2, 0.25) is 0 Å². The smallest absolute Gasteiger partial charge is 0.189 e. The minimum atomic E-state index is -1.69. The fourth-order valence-electron chi connectivity index (χ4n) is 0.408. The summed E-state index contributed by atoms with van der Waals surface area (Å²) in [6.07, 6.45) is -3.19. The predicted octanol–water partition coefficient (Wildman–Crippen LogP) is -2.74. The van der Waals surface area contributed by atoms with E-state index in [-0.39, 0.29) is 0 Å². The van der Waals surface area contributed by atoms with Crippen molar-refractivity contribution < 1.29 is 25.2 Å². The van der Waals surface area contributed by atoms with E-state index < -0.39 is 31.2 Å². The summed E-state index contributed by atoms with van der Waals surface area (Å²) in [5, 5.41) is 33.6. The Hall–Kier alpha value is -0.490. The molecular formula is C5H10O5. The molecule has 0 amide bonds. The molecule has 60 valence electrons. The SMILES string of the molecule is O=C(CO)[C@@H](O)C(O)CO. The lowest BCUT2D eigenvalue weighted by Crippen LogP contribution is -2.37. The van der Waals surface area contributed by atoms with Crippen molar-refractivity contribution in [3.8, 4) is 0 Å². The highest BCUT2D eigenvalue weighted by Crippen LogP contribution is 1.92. The molecule has 0 saturated carbocycles. The largest absolute Gasteiger partial charge is 0.394 e. The van der Waals surface area contributed by atoms with Crippen LogP contribution in [0.4, 0.5) is 0 Å². The van der Waals surface area contributed by atoms with E-state index in [9.17, 15) is 4.79 Å². The van der Waals surface area contributed by atoms with Crippen LogP contribution in [0.5, 0.6) is 0 Å². The van der Waals surface area contributed by atoms with Gasteiger partial charge in [-0.3, -0.25) is 4.79 Å². The molecule has 0 aromatic heterocycles. The molecule has 0 aliphatic carbocycles. The molecule has 0 aromatic carbocycles. The van der Waals surface area contributed by atoms with E-state index in [0.717, 1.165) is 0 Å². The number of hydrogen-bond donors (Lipinski definition) is 4. The van der Waals surface area contributed by atoms with Crippen LogP contribution in [-0.2, 0) is 4.79 Å². The lowest BCUT2D eigenvalue weighted by molar-refractivity contribution is -0.137. The molecule has 1 unspecified atom stereocenters. The summed E-state index contributed by atoms with van der Waals surface area (Å²) in [5.41, 5.74) is 0. The van der Waals surface area contributed by atoms with Crippen LogP contribution in [0.15, 0.2) is 0 Å². The monoisotopic (exact) mass is 150 g/mol. The first-order valence-corrected chi connectivity index (χ1v) is 2.74. The van der Waals surface area contributed by atoms with Gasteiger partial charge in [0.05, 0.1) is 6.61 Å². The van der Waals surface area contributed by atoms with Gasteiger partial charge in [-0.2, -0.15) is 0 Å². The zero-order chi connectivity index (χ0) is 8.15. The summed E-state index contributed by atoms with van der Waals surface area (Å²) >= 11 is 0. The Kier molecular flexibility index (Phi) is 4.13. The average Bonchev–Trinajstić information content (AvgIpc) is 2.00. The van der Waals surface area contributed by atoms with Crippen LogP contribution in [0, 0.1) is 0 Å². The van der Waals surface area contributed by atoms with Gasteiger partial charge in [-0.15, -0.1) is 0 Å². The Balaban J connectivity index is 3.81. The number of hydrogen-bond acceptors (Lipinski definition) is 5. The van der Waals surface area contributed by atoms with Crippen LogP contribution in [0.1, 0.15) is 0 Å². The topological polar surface area (TPSA) is 98.0 Å². The maximum Gasteiger partial charge on any atom is 0.189 e. The molecular weight excluding hydrogens is 140 g/mol. The summed E-state index contributed by atoms with van der Waals surface area (Å²) in [4.78, 5) is 10.3. The quantitative estimate of drug-likeness (QED) is 0.348. The summed E-state index contributed by atoms with van der Waals surface area (Å²) in [6, 6.07) is 0. The Labute approximate surface area is 57.5 Å².